The molecule has 0 aliphatic carbocycles. The van der Waals surface area contributed by atoms with Crippen molar-refractivity contribution in [1.29, 1.82) is 0 Å². The maximum Gasteiger partial charge on any atom is 0.0227 e. The summed E-state index contributed by atoms with van der Waals surface area (Å²) in [5.41, 5.74) is 10.7. The first-order chi connectivity index (χ1) is 23.0. The van der Waals surface area contributed by atoms with Crippen LogP contribution in [0.5, 0.6) is 0 Å². The van der Waals surface area contributed by atoms with Crippen LogP contribution in [0.1, 0.15) is 210 Å². The summed E-state index contributed by atoms with van der Waals surface area (Å²) in [7, 11) is 4.37. The molecule has 270 valence electrons. The van der Waals surface area contributed by atoms with Crippen molar-refractivity contribution < 1.29 is 0 Å². The van der Waals surface area contributed by atoms with Gasteiger partial charge in [0.15, 0.2) is 0 Å². The Bertz CT molecular complexity index is 917. The van der Waals surface area contributed by atoms with Gasteiger partial charge < -0.3 is 4.90 Å². The number of hydrogen-bond donors (Lipinski definition) is 0. The molecule has 0 radical (unpaired) electrons. The van der Waals surface area contributed by atoms with E-state index in [1.165, 1.54) is 208 Å². The predicted molar refractivity (Wildman–Crippen MR) is 214 cm³/mol. The summed E-state index contributed by atoms with van der Waals surface area (Å²) >= 11 is 0. The molecular weight excluding hydrogens is 567 g/mol. The van der Waals surface area contributed by atoms with E-state index in [9.17, 15) is 0 Å². The zero-order valence-corrected chi connectivity index (χ0v) is 32.5. The van der Waals surface area contributed by atoms with E-state index in [0.29, 0.717) is 0 Å². The molecule has 0 fully saturated rings. The molecule has 1 aromatic carbocycles. The minimum atomic E-state index is 1.02. The van der Waals surface area contributed by atoms with Crippen molar-refractivity contribution in [3.8, 4) is 0 Å². The van der Waals surface area contributed by atoms with Crippen LogP contribution in [-0.2, 0) is 19.4 Å². The summed E-state index contributed by atoms with van der Waals surface area (Å²) in [4.78, 5) is 2.30. The molecule has 1 aromatic rings. The van der Waals surface area contributed by atoms with E-state index in [2.05, 4.69) is 69.9 Å². The highest BCUT2D eigenvalue weighted by molar-refractivity contribution is 5.31. The van der Waals surface area contributed by atoms with Gasteiger partial charge in [0.2, 0.25) is 0 Å². The average Bonchev–Trinajstić information content (AvgIpc) is 3.05. The average molecular weight is 648 g/mol. The van der Waals surface area contributed by atoms with Crippen LogP contribution >= 0.6 is 0 Å². The Balaban J connectivity index is 2.24. The molecular formula is C46H81N. The lowest BCUT2D eigenvalue weighted by atomic mass is 9.95. The van der Waals surface area contributed by atoms with E-state index in [1.54, 1.807) is 0 Å². The van der Waals surface area contributed by atoms with Crippen molar-refractivity contribution in [3.63, 3.8) is 0 Å². The molecule has 0 saturated heterocycles. The molecule has 47 heavy (non-hydrogen) atoms. The molecule has 0 spiro atoms. The van der Waals surface area contributed by atoms with Crippen molar-refractivity contribution in [3.05, 3.63) is 64.9 Å². The van der Waals surface area contributed by atoms with E-state index < -0.39 is 0 Å². The van der Waals surface area contributed by atoms with Gasteiger partial charge in [-0.15, -0.1) is 5.73 Å². The Morgan fingerprint density at radius 1 is 0.489 bits per heavy atom. The summed E-state index contributed by atoms with van der Waals surface area (Å²) in [5, 5.41) is 0. The highest BCUT2D eigenvalue weighted by atomic mass is 15.0. The van der Waals surface area contributed by atoms with Gasteiger partial charge in [0.25, 0.3) is 0 Å². The predicted octanol–water partition coefficient (Wildman–Crippen LogP) is 15.1. The number of hydrogen-bond acceptors (Lipinski definition) is 1. The van der Waals surface area contributed by atoms with Crippen molar-refractivity contribution in [1.82, 2.24) is 4.90 Å². The fourth-order valence-corrected chi connectivity index (χ4v) is 7.05. The van der Waals surface area contributed by atoms with E-state index in [-0.39, 0.29) is 0 Å². The smallest absolute Gasteiger partial charge is 0.0227 e. The molecule has 0 atom stereocenters. The largest absolute Gasteiger partial charge is 0.305 e. The number of allylic oxidation sites excluding steroid dienone is 2. The number of rotatable bonds is 34. The Morgan fingerprint density at radius 2 is 0.872 bits per heavy atom. The van der Waals surface area contributed by atoms with Crippen LogP contribution in [0.2, 0.25) is 0 Å². The number of nitrogens with zero attached hydrogens (tertiary/aromatic N) is 1. The summed E-state index contributed by atoms with van der Waals surface area (Å²) in [6.45, 7) is 14.0. The van der Waals surface area contributed by atoms with Crippen molar-refractivity contribution in [2.75, 3.05) is 14.1 Å². The van der Waals surface area contributed by atoms with Gasteiger partial charge in [-0.3, -0.25) is 0 Å². The Labute approximate surface area is 296 Å². The first kappa shape index (κ1) is 43.5. The minimum Gasteiger partial charge on any atom is -0.305 e. The van der Waals surface area contributed by atoms with Gasteiger partial charge in [-0.05, 0) is 101 Å². The molecule has 0 aromatic heterocycles. The topological polar surface area (TPSA) is 3.24 Å². The second kappa shape index (κ2) is 31.7. The van der Waals surface area contributed by atoms with Gasteiger partial charge in [0, 0.05) is 6.54 Å². The molecule has 0 saturated carbocycles. The number of aryl methyl sites for hydroxylation is 2. The zero-order valence-electron chi connectivity index (χ0n) is 32.5. The summed E-state index contributed by atoms with van der Waals surface area (Å²) in [5.74, 6) is 0. The van der Waals surface area contributed by atoms with E-state index in [4.69, 9.17) is 0 Å². The normalized spacial score (nSPS) is 11.3. The standard InChI is InChI=1S/C46H81N/c1-7-10-12-14-16-18-20-24-28-32-42(4)33-29-25-22-23-27-31-35-44-38-45(40-46(39-44)41-47(5)6)37-36-43(9-3)34-30-26-21-19-17-15-13-11-8-2/h38-40H,3-4,7-8,10-37,41H2,1-2,5-6H3. The Morgan fingerprint density at radius 3 is 1.32 bits per heavy atom. The SMILES string of the molecule is C=C=C(CCCCCCCCCCC)CCc1cc(CCCCCCCCC(=C)CCCCCCCCCCC)cc(CN(C)C)c1. The van der Waals surface area contributed by atoms with Crippen LogP contribution in [0, 0.1) is 0 Å². The van der Waals surface area contributed by atoms with Crippen LogP contribution < -0.4 is 0 Å². The molecule has 0 aliphatic rings. The fraction of sp³-hybridized carbons (Fsp3) is 0.761. The first-order valence-electron chi connectivity index (χ1n) is 20.8. The molecule has 0 heterocycles. The lowest BCUT2D eigenvalue weighted by Crippen LogP contribution is -2.11. The lowest BCUT2D eigenvalue weighted by Gasteiger charge is -2.14. The second-order valence-electron chi connectivity index (χ2n) is 15.2. The maximum absolute atomic E-state index is 4.38. The van der Waals surface area contributed by atoms with Crippen LogP contribution in [0.25, 0.3) is 0 Å². The van der Waals surface area contributed by atoms with Gasteiger partial charge in [-0.2, -0.15) is 0 Å². The van der Waals surface area contributed by atoms with Gasteiger partial charge in [0.05, 0.1) is 0 Å². The summed E-state index contributed by atoms with van der Waals surface area (Å²) in [6.07, 6.45) is 40.5. The van der Waals surface area contributed by atoms with Crippen molar-refractivity contribution in [2.24, 2.45) is 0 Å². The van der Waals surface area contributed by atoms with E-state index >= 15 is 0 Å². The van der Waals surface area contributed by atoms with Crippen LogP contribution in [0.3, 0.4) is 0 Å². The van der Waals surface area contributed by atoms with E-state index in [1.807, 2.05) is 0 Å². The lowest BCUT2D eigenvalue weighted by molar-refractivity contribution is 0.402. The van der Waals surface area contributed by atoms with Crippen molar-refractivity contribution >= 4 is 0 Å². The quantitative estimate of drug-likeness (QED) is 0.0409. The highest BCUT2D eigenvalue weighted by Crippen LogP contribution is 2.21. The minimum absolute atomic E-state index is 1.02. The monoisotopic (exact) mass is 648 g/mol. The molecule has 0 amide bonds. The molecule has 0 aliphatic heterocycles. The fourth-order valence-electron chi connectivity index (χ4n) is 7.05. The van der Waals surface area contributed by atoms with Gasteiger partial charge >= 0.3 is 0 Å². The van der Waals surface area contributed by atoms with Gasteiger partial charge in [-0.1, -0.05) is 179 Å². The molecule has 1 heteroatoms. The molecule has 0 unspecified atom stereocenters. The third kappa shape index (κ3) is 27.0. The molecule has 0 bridgehead atoms. The van der Waals surface area contributed by atoms with Crippen molar-refractivity contribution in [2.45, 2.75) is 213 Å². The third-order valence-corrected chi connectivity index (χ3v) is 10.0. The van der Waals surface area contributed by atoms with E-state index in [0.717, 1.165) is 19.4 Å². The van der Waals surface area contributed by atoms with Crippen LogP contribution in [0.15, 0.2) is 48.2 Å². The molecule has 1 rings (SSSR count). The highest BCUT2D eigenvalue weighted by Gasteiger charge is 2.06. The summed E-state index contributed by atoms with van der Waals surface area (Å²) in [6, 6.07) is 7.42. The Hall–Kier alpha value is -1.56. The van der Waals surface area contributed by atoms with Crippen LogP contribution in [-0.4, -0.2) is 19.0 Å². The van der Waals surface area contributed by atoms with Gasteiger partial charge in [-0.25, -0.2) is 0 Å². The van der Waals surface area contributed by atoms with Gasteiger partial charge in [0.1, 0.15) is 0 Å². The number of unbranched alkanes of at least 4 members (excludes halogenated alkanes) is 21. The molecule has 1 nitrogen and oxygen atoms in total. The molecule has 0 N–H and O–H groups in total. The van der Waals surface area contributed by atoms with Crippen LogP contribution in [0.4, 0.5) is 0 Å². The summed E-state index contributed by atoms with van der Waals surface area (Å²) < 4.78 is 0. The zero-order chi connectivity index (χ0) is 34.2. The first-order valence-corrected chi connectivity index (χ1v) is 20.8. The number of benzene rings is 1. The second-order valence-corrected chi connectivity index (χ2v) is 15.2. The third-order valence-electron chi connectivity index (χ3n) is 10.0. The maximum atomic E-state index is 4.38. The Kier molecular flexibility index (Phi) is 29.3.